The summed E-state index contributed by atoms with van der Waals surface area (Å²) in [5, 5.41) is 0. The molecule has 0 bridgehead atoms. The summed E-state index contributed by atoms with van der Waals surface area (Å²) in [5.74, 6) is -1.90. The van der Waals surface area contributed by atoms with Crippen LogP contribution in [0.25, 0.3) is 5.57 Å². The van der Waals surface area contributed by atoms with Crippen molar-refractivity contribution in [3.63, 3.8) is 0 Å². The second kappa shape index (κ2) is 14.1. The van der Waals surface area contributed by atoms with Crippen LogP contribution in [0, 0.1) is 11.7 Å². The fourth-order valence-corrected chi connectivity index (χ4v) is 4.59. The van der Waals surface area contributed by atoms with Gasteiger partial charge in [0, 0.05) is 62.8 Å². The Bertz CT molecular complexity index is 1380. The Morgan fingerprint density at radius 1 is 1.02 bits per heavy atom. The van der Waals surface area contributed by atoms with Crippen molar-refractivity contribution in [1.82, 2.24) is 9.80 Å². The van der Waals surface area contributed by atoms with Crippen molar-refractivity contribution in [2.75, 3.05) is 52.2 Å². The van der Waals surface area contributed by atoms with Gasteiger partial charge < -0.3 is 20.3 Å². The quantitative estimate of drug-likeness (QED) is 0.300. The number of piperidine rings is 1. The van der Waals surface area contributed by atoms with Gasteiger partial charge in [-0.25, -0.2) is 9.18 Å². The number of rotatable bonds is 8. The van der Waals surface area contributed by atoms with E-state index in [0.717, 1.165) is 48.6 Å². The number of amides is 2. The number of ether oxygens (including phenoxy) is 1. The molecular formula is C29H32F7N5O3. The minimum atomic E-state index is -5.36. The Morgan fingerprint density at radius 3 is 2.16 bits per heavy atom. The predicted octanol–water partition coefficient (Wildman–Crippen LogP) is 5.67. The monoisotopic (exact) mass is 631 g/mol. The van der Waals surface area contributed by atoms with Gasteiger partial charge in [0.25, 0.3) is 0 Å². The number of hydrogen-bond acceptors (Lipinski definition) is 6. The molecule has 8 nitrogen and oxygen atoms in total. The first-order valence-corrected chi connectivity index (χ1v) is 13.4. The van der Waals surface area contributed by atoms with Gasteiger partial charge in [0.2, 0.25) is 5.91 Å². The van der Waals surface area contributed by atoms with Gasteiger partial charge >= 0.3 is 18.4 Å². The van der Waals surface area contributed by atoms with E-state index in [9.17, 15) is 40.3 Å². The fraction of sp³-hybridized carbons (Fsp3) is 0.414. The number of alkyl halides is 6. The summed E-state index contributed by atoms with van der Waals surface area (Å²) in [4.78, 5) is 33.5. The van der Waals surface area contributed by atoms with Crippen molar-refractivity contribution in [1.29, 1.82) is 0 Å². The van der Waals surface area contributed by atoms with Crippen molar-refractivity contribution in [3.05, 3.63) is 65.1 Å². The van der Waals surface area contributed by atoms with E-state index in [1.165, 1.54) is 4.90 Å². The van der Waals surface area contributed by atoms with E-state index in [-0.39, 0.29) is 35.7 Å². The molecule has 0 aliphatic carbocycles. The van der Waals surface area contributed by atoms with Crippen LogP contribution >= 0.6 is 0 Å². The highest BCUT2D eigenvalue weighted by Gasteiger charge is 2.41. The third-order valence-corrected chi connectivity index (χ3v) is 7.04. The van der Waals surface area contributed by atoms with Crippen molar-refractivity contribution in [3.8, 4) is 5.75 Å². The maximum absolute atomic E-state index is 14.1. The lowest BCUT2D eigenvalue weighted by atomic mass is 9.95. The molecule has 1 saturated heterocycles. The van der Waals surface area contributed by atoms with E-state index >= 15 is 0 Å². The number of likely N-dealkylation sites (tertiary alicyclic amines) is 1. The Kier molecular flexibility index (Phi) is 11.0. The second-order valence-corrected chi connectivity index (χ2v) is 10.3. The molecule has 0 spiro atoms. The lowest BCUT2D eigenvalue weighted by Crippen LogP contribution is -2.40. The van der Waals surface area contributed by atoms with Crippen molar-refractivity contribution < 1.29 is 45.1 Å². The molecule has 1 fully saturated rings. The summed E-state index contributed by atoms with van der Waals surface area (Å²) in [7, 11) is 4.50. The van der Waals surface area contributed by atoms with Crippen LogP contribution in [0.3, 0.4) is 0 Å². The smallest absolute Gasteiger partial charge is 0.409 e. The zero-order chi connectivity index (χ0) is 32.8. The summed E-state index contributed by atoms with van der Waals surface area (Å²) in [6, 6.07) is 4.57. The molecule has 0 aromatic heterocycles. The van der Waals surface area contributed by atoms with E-state index in [2.05, 4.69) is 4.99 Å². The van der Waals surface area contributed by atoms with Gasteiger partial charge in [0.05, 0.1) is 17.7 Å². The Balaban J connectivity index is 1.89. The fourth-order valence-electron chi connectivity index (χ4n) is 4.59. The van der Waals surface area contributed by atoms with Gasteiger partial charge in [-0.15, -0.1) is 0 Å². The molecule has 240 valence electrons. The molecule has 1 heterocycles. The maximum Gasteiger partial charge on any atom is 0.420 e. The molecule has 2 amide bonds. The molecule has 0 saturated carbocycles. The number of nitrogens with zero attached hydrogens (tertiary/aromatic N) is 4. The number of aliphatic imine (C=N–C) groups is 1. The molecule has 44 heavy (non-hydrogen) atoms. The molecule has 2 aromatic carbocycles. The van der Waals surface area contributed by atoms with Crippen LogP contribution in [0.4, 0.5) is 41.2 Å². The standard InChI is InChI=1S/C29H32F7N5O3/c1-39(2)26(42)18-8-11-41(12-9-18)13-10-38-17-19(16-37)23-14-20(28(31,32)33)15-24(29(34,35)36)25(23)44-27(43)40(3)22-6-4-21(30)5-7-22/h4-7,14-18H,8-13,37H2,1-3H3. The zero-order valence-corrected chi connectivity index (χ0v) is 24.2. The number of carbonyl (C=O) groups excluding carboxylic acids is 2. The lowest BCUT2D eigenvalue weighted by molar-refractivity contribution is -0.143. The average Bonchev–Trinajstić information content (AvgIpc) is 2.96. The number of anilines is 1. The van der Waals surface area contributed by atoms with Crippen LogP contribution in [0.15, 0.2) is 47.6 Å². The van der Waals surface area contributed by atoms with Crippen LogP contribution in [0.5, 0.6) is 5.75 Å². The Morgan fingerprint density at radius 2 is 1.64 bits per heavy atom. The highest BCUT2D eigenvalue weighted by Crippen LogP contribution is 2.44. The number of hydrogen-bond donors (Lipinski definition) is 1. The average molecular weight is 632 g/mol. The topological polar surface area (TPSA) is 91.5 Å². The third-order valence-electron chi connectivity index (χ3n) is 7.04. The van der Waals surface area contributed by atoms with E-state index in [1.807, 2.05) is 4.90 Å². The molecule has 1 aliphatic rings. The van der Waals surface area contributed by atoms with Crippen LogP contribution in [0.2, 0.25) is 0 Å². The van der Waals surface area contributed by atoms with Gasteiger partial charge in [0.1, 0.15) is 5.82 Å². The number of halogens is 7. The summed E-state index contributed by atoms with van der Waals surface area (Å²) < 4.78 is 102. The Labute approximate surface area is 249 Å². The highest BCUT2D eigenvalue weighted by molar-refractivity contribution is 6.11. The molecule has 2 aromatic rings. The largest absolute Gasteiger partial charge is 0.420 e. The van der Waals surface area contributed by atoms with Gasteiger partial charge in [-0.3, -0.25) is 14.7 Å². The summed E-state index contributed by atoms with van der Waals surface area (Å²) in [5.41, 5.74) is 1.06. The van der Waals surface area contributed by atoms with Crippen molar-refractivity contribution in [2.24, 2.45) is 16.6 Å². The van der Waals surface area contributed by atoms with Crippen LogP contribution < -0.4 is 15.4 Å². The minimum Gasteiger partial charge on any atom is -0.409 e. The normalized spacial score (nSPS) is 15.5. The third kappa shape index (κ3) is 8.71. The summed E-state index contributed by atoms with van der Waals surface area (Å²) in [6.45, 7) is 1.77. The number of benzene rings is 2. The molecule has 2 N–H and O–H groups in total. The first-order valence-electron chi connectivity index (χ1n) is 13.4. The minimum absolute atomic E-state index is 0.0417. The number of nitrogens with two attached hydrogens (primary N) is 1. The first-order chi connectivity index (χ1) is 20.5. The molecule has 0 unspecified atom stereocenters. The Hall–Kier alpha value is -4.14. The van der Waals surface area contributed by atoms with Crippen LogP contribution in [0.1, 0.15) is 29.5 Å². The van der Waals surface area contributed by atoms with Crippen LogP contribution in [-0.4, -0.2) is 75.3 Å². The first kappa shape index (κ1) is 34.4. The molecule has 0 radical (unpaired) electrons. The predicted molar refractivity (Wildman–Crippen MR) is 151 cm³/mol. The van der Waals surface area contributed by atoms with E-state index in [1.54, 1.807) is 14.1 Å². The van der Waals surface area contributed by atoms with E-state index < -0.39 is 46.7 Å². The number of allylic oxidation sites excluding steroid dienone is 1. The molecule has 1 aliphatic heterocycles. The van der Waals surface area contributed by atoms with E-state index in [4.69, 9.17) is 10.5 Å². The summed E-state index contributed by atoms with van der Waals surface area (Å²) in [6.07, 6.45) is -8.87. The van der Waals surface area contributed by atoms with E-state index in [0.29, 0.717) is 38.5 Å². The number of carbonyl (C=O) groups is 2. The van der Waals surface area contributed by atoms with Gasteiger partial charge in [-0.05, 0) is 62.3 Å². The zero-order valence-electron chi connectivity index (χ0n) is 24.2. The van der Waals surface area contributed by atoms with Crippen molar-refractivity contribution >= 4 is 29.5 Å². The second-order valence-electron chi connectivity index (χ2n) is 10.3. The van der Waals surface area contributed by atoms with Gasteiger partial charge in [-0.2, -0.15) is 26.3 Å². The van der Waals surface area contributed by atoms with Gasteiger partial charge in [0.15, 0.2) is 5.75 Å². The molecular weight excluding hydrogens is 599 g/mol. The lowest BCUT2D eigenvalue weighted by Gasteiger charge is -2.32. The maximum atomic E-state index is 14.1. The van der Waals surface area contributed by atoms with Crippen LogP contribution in [-0.2, 0) is 17.1 Å². The highest BCUT2D eigenvalue weighted by atomic mass is 19.4. The summed E-state index contributed by atoms with van der Waals surface area (Å²) >= 11 is 0. The molecule has 0 atom stereocenters. The molecule has 15 heteroatoms. The van der Waals surface area contributed by atoms with Gasteiger partial charge in [-0.1, -0.05) is 0 Å². The molecule has 3 rings (SSSR count). The van der Waals surface area contributed by atoms with Crippen molar-refractivity contribution in [2.45, 2.75) is 25.2 Å². The SMILES string of the molecule is CN(C)C(=O)C1CCN(CCN=CC(=CN)c2cc(C(F)(F)F)cc(C(F)(F)F)c2OC(=O)N(C)c2ccc(F)cc2)CC1.